The molecular weight excluding hydrogens is 142 g/mol. The zero-order chi connectivity index (χ0) is 7.40. The summed E-state index contributed by atoms with van der Waals surface area (Å²) >= 11 is 4.49. The van der Waals surface area contributed by atoms with Crippen molar-refractivity contribution in [1.29, 1.82) is 0 Å². The largest absolute Gasteiger partial charge is 0.215 e. The maximum atomic E-state index is 4.49. The SMILES string of the molecule is Cc1ccc(CN=S)cc1. The minimum Gasteiger partial charge on any atom is -0.215 e. The van der Waals surface area contributed by atoms with E-state index in [0.717, 1.165) is 0 Å². The van der Waals surface area contributed by atoms with E-state index < -0.39 is 0 Å². The first-order valence-electron chi connectivity index (χ1n) is 3.17. The second-order valence-corrected chi connectivity index (χ2v) is 2.53. The number of benzene rings is 1. The van der Waals surface area contributed by atoms with Gasteiger partial charge in [-0.25, -0.2) is 4.36 Å². The van der Waals surface area contributed by atoms with Crippen molar-refractivity contribution in [3.63, 3.8) is 0 Å². The molecule has 0 heterocycles. The van der Waals surface area contributed by atoms with Gasteiger partial charge >= 0.3 is 0 Å². The minimum atomic E-state index is 0.648. The Kier molecular flexibility index (Phi) is 2.51. The fourth-order valence-corrected chi connectivity index (χ4v) is 0.917. The topological polar surface area (TPSA) is 12.4 Å². The molecular formula is C8H9NS. The lowest BCUT2D eigenvalue weighted by molar-refractivity contribution is 1.09. The molecule has 0 N–H and O–H groups in total. The first-order chi connectivity index (χ1) is 4.83. The van der Waals surface area contributed by atoms with Crippen LogP contribution in [0.4, 0.5) is 0 Å². The molecule has 2 heteroatoms. The first kappa shape index (κ1) is 7.35. The molecule has 1 rings (SSSR count). The molecule has 1 nitrogen and oxygen atoms in total. The Morgan fingerprint density at radius 2 is 1.90 bits per heavy atom. The molecule has 0 aliphatic rings. The zero-order valence-electron chi connectivity index (χ0n) is 5.87. The van der Waals surface area contributed by atoms with Crippen molar-refractivity contribution in [2.24, 2.45) is 4.36 Å². The van der Waals surface area contributed by atoms with Gasteiger partial charge in [0, 0.05) is 12.4 Å². The summed E-state index contributed by atoms with van der Waals surface area (Å²) in [5, 5.41) is 0. The van der Waals surface area contributed by atoms with Crippen molar-refractivity contribution in [2.75, 3.05) is 0 Å². The molecule has 0 saturated heterocycles. The summed E-state index contributed by atoms with van der Waals surface area (Å²) in [7, 11) is 0. The second-order valence-electron chi connectivity index (χ2n) is 2.27. The van der Waals surface area contributed by atoms with Gasteiger partial charge in [0.15, 0.2) is 0 Å². The Morgan fingerprint density at radius 3 is 2.40 bits per heavy atom. The third kappa shape index (κ3) is 1.88. The standard InChI is InChI=1S/C8H9NS/c1-7-2-4-8(5-3-7)6-9-10/h2-5H,6H2,1H3. The monoisotopic (exact) mass is 151 g/mol. The highest BCUT2D eigenvalue weighted by Crippen LogP contribution is 2.03. The van der Waals surface area contributed by atoms with E-state index in [0.29, 0.717) is 6.54 Å². The highest BCUT2D eigenvalue weighted by Gasteiger charge is 1.87. The molecule has 0 aromatic heterocycles. The van der Waals surface area contributed by atoms with Gasteiger partial charge in [-0.15, -0.1) is 0 Å². The molecule has 52 valence electrons. The van der Waals surface area contributed by atoms with Gasteiger partial charge < -0.3 is 0 Å². The highest BCUT2D eigenvalue weighted by molar-refractivity contribution is 7.47. The van der Waals surface area contributed by atoms with Crippen molar-refractivity contribution in [2.45, 2.75) is 13.5 Å². The van der Waals surface area contributed by atoms with Crippen LogP contribution in [0, 0.1) is 6.92 Å². The molecule has 0 aliphatic carbocycles. The fraction of sp³-hybridized carbons (Fsp3) is 0.250. The van der Waals surface area contributed by atoms with Crippen LogP contribution in [0.25, 0.3) is 0 Å². The zero-order valence-corrected chi connectivity index (χ0v) is 6.69. The third-order valence-corrected chi connectivity index (χ3v) is 1.50. The summed E-state index contributed by atoms with van der Waals surface area (Å²) < 4.78 is 3.62. The van der Waals surface area contributed by atoms with E-state index in [9.17, 15) is 0 Å². The molecule has 0 bridgehead atoms. The molecule has 0 amide bonds. The van der Waals surface area contributed by atoms with Crippen LogP contribution in [0.2, 0.25) is 0 Å². The Labute approximate surface area is 66.3 Å². The van der Waals surface area contributed by atoms with E-state index in [1.54, 1.807) is 0 Å². The van der Waals surface area contributed by atoms with E-state index >= 15 is 0 Å². The Balaban J connectivity index is 2.78. The predicted octanol–water partition coefficient (Wildman–Crippen LogP) is 2.23. The van der Waals surface area contributed by atoms with Crippen LogP contribution in [0.15, 0.2) is 28.6 Å². The van der Waals surface area contributed by atoms with Gasteiger partial charge in [0.1, 0.15) is 0 Å². The van der Waals surface area contributed by atoms with E-state index in [-0.39, 0.29) is 0 Å². The van der Waals surface area contributed by atoms with Crippen molar-refractivity contribution >= 4 is 12.4 Å². The van der Waals surface area contributed by atoms with Gasteiger partial charge in [0.05, 0.1) is 6.54 Å². The Bertz CT molecular complexity index is 215. The van der Waals surface area contributed by atoms with Gasteiger partial charge in [-0.05, 0) is 12.5 Å². The van der Waals surface area contributed by atoms with E-state index in [4.69, 9.17) is 0 Å². The number of hydrogen-bond acceptors (Lipinski definition) is 2. The molecule has 0 atom stereocenters. The van der Waals surface area contributed by atoms with Crippen LogP contribution >= 0.6 is 0 Å². The summed E-state index contributed by atoms with van der Waals surface area (Å²) in [6.45, 7) is 2.71. The van der Waals surface area contributed by atoms with E-state index in [1.165, 1.54) is 11.1 Å². The summed E-state index contributed by atoms with van der Waals surface area (Å²) in [5.74, 6) is 0. The fourth-order valence-electron chi connectivity index (χ4n) is 0.768. The van der Waals surface area contributed by atoms with Crippen molar-refractivity contribution in [3.8, 4) is 0 Å². The summed E-state index contributed by atoms with van der Waals surface area (Å²) in [5.41, 5.74) is 2.45. The molecule has 0 unspecified atom stereocenters. The average Bonchev–Trinajstić information content (AvgIpc) is 1.95. The molecule has 0 spiro atoms. The van der Waals surface area contributed by atoms with Crippen LogP contribution in [-0.2, 0) is 19.0 Å². The normalized spacial score (nSPS) is 9.30. The summed E-state index contributed by atoms with van der Waals surface area (Å²) in [4.78, 5) is 0. The number of aryl methyl sites for hydroxylation is 1. The maximum absolute atomic E-state index is 4.49. The molecule has 10 heavy (non-hydrogen) atoms. The first-order valence-corrected chi connectivity index (χ1v) is 3.54. The number of nitrogens with zero attached hydrogens (tertiary/aromatic N) is 1. The molecule has 0 saturated carbocycles. The Morgan fingerprint density at radius 1 is 1.30 bits per heavy atom. The van der Waals surface area contributed by atoms with Gasteiger partial charge in [0.2, 0.25) is 0 Å². The van der Waals surface area contributed by atoms with Crippen LogP contribution in [0.5, 0.6) is 0 Å². The summed E-state index contributed by atoms with van der Waals surface area (Å²) in [6, 6.07) is 8.22. The van der Waals surface area contributed by atoms with Crippen molar-refractivity contribution in [3.05, 3.63) is 35.4 Å². The number of rotatable bonds is 2. The minimum absolute atomic E-state index is 0.648. The average molecular weight is 151 g/mol. The van der Waals surface area contributed by atoms with Crippen LogP contribution in [0.1, 0.15) is 11.1 Å². The molecule has 1 aromatic rings. The lowest BCUT2D eigenvalue weighted by Crippen LogP contribution is -1.79. The molecule has 1 aromatic carbocycles. The van der Waals surface area contributed by atoms with Crippen LogP contribution in [-0.4, -0.2) is 0 Å². The van der Waals surface area contributed by atoms with Gasteiger partial charge in [-0.1, -0.05) is 29.8 Å². The maximum Gasteiger partial charge on any atom is 0.0771 e. The van der Waals surface area contributed by atoms with Crippen molar-refractivity contribution in [1.82, 2.24) is 0 Å². The number of hydrogen-bond donors (Lipinski definition) is 0. The van der Waals surface area contributed by atoms with E-state index in [1.807, 2.05) is 12.1 Å². The van der Waals surface area contributed by atoms with E-state index in [2.05, 4.69) is 35.8 Å². The smallest absolute Gasteiger partial charge is 0.0771 e. The second kappa shape index (κ2) is 3.42. The van der Waals surface area contributed by atoms with Gasteiger partial charge in [-0.3, -0.25) is 0 Å². The van der Waals surface area contributed by atoms with Crippen LogP contribution in [0.3, 0.4) is 0 Å². The predicted molar refractivity (Wildman–Crippen MR) is 44.7 cm³/mol. The third-order valence-electron chi connectivity index (χ3n) is 1.37. The summed E-state index contributed by atoms with van der Waals surface area (Å²) in [6.07, 6.45) is 0. The Hall–Kier alpha value is -0.760. The highest BCUT2D eigenvalue weighted by atomic mass is 32.1. The lowest BCUT2D eigenvalue weighted by Gasteiger charge is -1.94. The van der Waals surface area contributed by atoms with Crippen LogP contribution < -0.4 is 0 Å². The van der Waals surface area contributed by atoms with Crippen molar-refractivity contribution < 1.29 is 0 Å². The molecule has 0 radical (unpaired) electrons. The molecule has 0 fully saturated rings. The molecule has 0 aliphatic heterocycles. The van der Waals surface area contributed by atoms with Gasteiger partial charge in [0.25, 0.3) is 0 Å². The van der Waals surface area contributed by atoms with Gasteiger partial charge in [-0.2, -0.15) is 0 Å². The quantitative estimate of drug-likeness (QED) is 0.631. The lowest BCUT2D eigenvalue weighted by atomic mass is 10.2.